The summed E-state index contributed by atoms with van der Waals surface area (Å²) in [6.07, 6.45) is 0.916. The van der Waals surface area contributed by atoms with Gasteiger partial charge in [0, 0.05) is 13.0 Å². The van der Waals surface area contributed by atoms with E-state index in [9.17, 15) is 4.79 Å². The minimum atomic E-state index is 0.132. The molecule has 1 amide bonds. The molecule has 10 heavy (non-hydrogen) atoms. The van der Waals surface area contributed by atoms with Crippen molar-refractivity contribution in [2.24, 2.45) is 5.92 Å². The summed E-state index contributed by atoms with van der Waals surface area (Å²) in [5.74, 6) is 0.299. The number of hydrogen-bond donors (Lipinski definition) is 1. The molecule has 0 spiro atoms. The molecular weight excluding hydrogens is 126 g/mol. The van der Waals surface area contributed by atoms with Crippen LogP contribution in [0.2, 0.25) is 0 Å². The Kier molecular flexibility index (Phi) is 10.3. The van der Waals surface area contributed by atoms with Gasteiger partial charge in [-0.25, -0.2) is 0 Å². The molecule has 0 aliphatic carbocycles. The Morgan fingerprint density at radius 1 is 1.50 bits per heavy atom. The average molecular weight is 145 g/mol. The number of rotatable bonds is 2. The zero-order chi connectivity index (χ0) is 8.57. The SMILES string of the molecule is CC.CCC(C)C(=O)NC. The van der Waals surface area contributed by atoms with Crippen molar-refractivity contribution in [2.75, 3.05) is 7.05 Å². The highest BCUT2D eigenvalue weighted by Gasteiger charge is 2.05. The van der Waals surface area contributed by atoms with Crippen LogP contribution in [0, 0.1) is 5.92 Å². The van der Waals surface area contributed by atoms with Crippen molar-refractivity contribution in [3.63, 3.8) is 0 Å². The van der Waals surface area contributed by atoms with E-state index < -0.39 is 0 Å². The fourth-order valence-corrected chi connectivity index (χ4v) is 0.432. The zero-order valence-electron chi connectivity index (χ0n) is 7.69. The molecule has 0 saturated carbocycles. The lowest BCUT2D eigenvalue weighted by Gasteiger charge is -2.03. The van der Waals surface area contributed by atoms with Crippen molar-refractivity contribution in [1.82, 2.24) is 5.32 Å². The summed E-state index contributed by atoms with van der Waals surface area (Å²) in [6, 6.07) is 0. The van der Waals surface area contributed by atoms with Gasteiger partial charge in [-0.05, 0) is 6.42 Å². The fraction of sp³-hybridized carbons (Fsp3) is 0.875. The quantitative estimate of drug-likeness (QED) is 0.630. The maximum atomic E-state index is 10.6. The first kappa shape index (κ1) is 12.2. The van der Waals surface area contributed by atoms with Gasteiger partial charge in [-0.15, -0.1) is 0 Å². The third-order valence-electron chi connectivity index (χ3n) is 1.31. The van der Waals surface area contributed by atoms with Crippen molar-refractivity contribution >= 4 is 5.91 Å². The number of nitrogens with one attached hydrogen (secondary N) is 1. The molecule has 2 heteroatoms. The summed E-state index contributed by atoms with van der Waals surface area (Å²) in [6.45, 7) is 7.92. The number of carbonyl (C=O) groups is 1. The van der Waals surface area contributed by atoms with Gasteiger partial charge in [-0.1, -0.05) is 27.7 Å². The summed E-state index contributed by atoms with van der Waals surface area (Å²) in [5, 5.41) is 2.58. The van der Waals surface area contributed by atoms with E-state index in [1.54, 1.807) is 7.05 Å². The van der Waals surface area contributed by atoms with Crippen LogP contribution in [-0.2, 0) is 4.79 Å². The molecule has 1 unspecified atom stereocenters. The average Bonchev–Trinajstić information content (AvgIpc) is 2.05. The van der Waals surface area contributed by atoms with Crippen LogP contribution >= 0.6 is 0 Å². The lowest BCUT2D eigenvalue weighted by Crippen LogP contribution is -2.24. The molecule has 0 aromatic carbocycles. The van der Waals surface area contributed by atoms with Gasteiger partial charge >= 0.3 is 0 Å². The van der Waals surface area contributed by atoms with Gasteiger partial charge < -0.3 is 5.32 Å². The van der Waals surface area contributed by atoms with Crippen molar-refractivity contribution in [3.05, 3.63) is 0 Å². The van der Waals surface area contributed by atoms with Gasteiger partial charge in [0.1, 0.15) is 0 Å². The Hall–Kier alpha value is -0.530. The summed E-state index contributed by atoms with van der Waals surface area (Å²) >= 11 is 0. The largest absolute Gasteiger partial charge is 0.359 e. The molecule has 0 aliphatic heterocycles. The lowest BCUT2D eigenvalue weighted by molar-refractivity contribution is -0.124. The molecule has 1 atom stereocenters. The Morgan fingerprint density at radius 3 is 2.00 bits per heavy atom. The standard InChI is InChI=1S/C6H13NO.C2H6/c1-4-5(2)6(8)7-3;1-2/h5H,4H2,1-3H3,(H,7,8);1-2H3. The van der Waals surface area contributed by atoms with E-state index in [0.29, 0.717) is 0 Å². The molecule has 2 nitrogen and oxygen atoms in total. The van der Waals surface area contributed by atoms with Gasteiger partial charge in [-0.2, -0.15) is 0 Å². The van der Waals surface area contributed by atoms with E-state index >= 15 is 0 Å². The minimum Gasteiger partial charge on any atom is -0.359 e. The first-order chi connectivity index (χ1) is 4.72. The van der Waals surface area contributed by atoms with Crippen LogP contribution in [0.5, 0.6) is 0 Å². The molecule has 0 aliphatic rings. The Morgan fingerprint density at radius 2 is 1.90 bits per heavy atom. The van der Waals surface area contributed by atoms with E-state index in [2.05, 4.69) is 5.32 Å². The normalized spacial score (nSPS) is 10.9. The predicted octanol–water partition coefficient (Wildman–Crippen LogP) is 1.80. The molecule has 0 heterocycles. The lowest BCUT2D eigenvalue weighted by atomic mass is 10.1. The second-order valence-corrected chi connectivity index (χ2v) is 1.92. The molecule has 0 aromatic rings. The monoisotopic (exact) mass is 145 g/mol. The van der Waals surface area contributed by atoms with Gasteiger partial charge in [0.05, 0.1) is 0 Å². The summed E-state index contributed by atoms with van der Waals surface area (Å²) in [4.78, 5) is 10.6. The number of hydrogen-bond acceptors (Lipinski definition) is 1. The van der Waals surface area contributed by atoms with E-state index in [0.717, 1.165) is 6.42 Å². The van der Waals surface area contributed by atoms with Crippen molar-refractivity contribution < 1.29 is 4.79 Å². The highest BCUT2D eigenvalue weighted by atomic mass is 16.1. The molecule has 0 fully saturated rings. The van der Waals surface area contributed by atoms with E-state index in [1.807, 2.05) is 27.7 Å². The molecule has 0 rings (SSSR count). The number of carbonyl (C=O) groups excluding carboxylic acids is 1. The molecular formula is C8H19NO. The molecule has 0 aromatic heterocycles. The van der Waals surface area contributed by atoms with Crippen LogP contribution in [0.15, 0.2) is 0 Å². The molecule has 0 bridgehead atoms. The highest BCUT2D eigenvalue weighted by molar-refractivity contribution is 5.77. The smallest absolute Gasteiger partial charge is 0.222 e. The van der Waals surface area contributed by atoms with Gasteiger partial charge in [0.25, 0.3) is 0 Å². The third kappa shape index (κ3) is 5.60. The Bertz CT molecular complexity index is 81.3. The maximum absolute atomic E-state index is 10.6. The van der Waals surface area contributed by atoms with Crippen LogP contribution in [0.25, 0.3) is 0 Å². The van der Waals surface area contributed by atoms with Crippen molar-refractivity contribution in [2.45, 2.75) is 34.1 Å². The van der Waals surface area contributed by atoms with E-state index in [-0.39, 0.29) is 11.8 Å². The molecule has 1 N–H and O–H groups in total. The topological polar surface area (TPSA) is 29.1 Å². The molecule has 0 radical (unpaired) electrons. The van der Waals surface area contributed by atoms with Gasteiger partial charge in [0.2, 0.25) is 5.91 Å². The first-order valence-electron chi connectivity index (χ1n) is 3.94. The molecule has 0 saturated heterocycles. The first-order valence-corrected chi connectivity index (χ1v) is 3.94. The van der Waals surface area contributed by atoms with Crippen LogP contribution in [0.1, 0.15) is 34.1 Å². The predicted molar refractivity (Wildman–Crippen MR) is 44.9 cm³/mol. The van der Waals surface area contributed by atoms with E-state index in [4.69, 9.17) is 0 Å². The van der Waals surface area contributed by atoms with Crippen LogP contribution < -0.4 is 5.32 Å². The second kappa shape index (κ2) is 8.47. The van der Waals surface area contributed by atoms with Crippen LogP contribution in [0.3, 0.4) is 0 Å². The van der Waals surface area contributed by atoms with Gasteiger partial charge in [-0.3, -0.25) is 4.79 Å². The third-order valence-corrected chi connectivity index (χ3v) is 1.31. The van der Waals surface area contributed by atoms with E-state index in [1.165, 1.54) is 0 Å². The minimum absolute atomic E-state index is 0.132. The Balaban J connectivity index is 0. The molecule has 62 valence electrons. The maximum Gasteiger partial charge on any atom is 0.222 e. The summed E-state index contributed by atoms with van der Waals surface area (Å²) < 4.78 is 0. The zero-order valence-corrected chi connectivity index (χ0v) is 7.69. The van der Waals surface area contributed by atoms with Crippen LogP contribution in [-0.4, -0.2) is 13.0 Å². The summed E-state index contributed by atoms with van der Waals surface area (Å²) in [7, 11) is 1.66. The van der Waals surface area contributed by atoms with Crippen LogP contribution in [0.4, 0.5) is 0 Å². The number of amides is 1. The van der Waals surface area contributed by atoms with Crippen molar-refractivity contribution in [3.8, 4) is 0 Å². The second-order valence-electron chi connectivity index (χ2n) is 1.92. The summed E-state index contributed by atoms with van der Waals surface area (Å²) in [5.41, 5.74) is 0. The highest BCUT2D eigenvalue weighted by Crippen LogP contribution is 1.97. The van der Waals surface area contributed by atoms with Gasteiger partial charge in [0.15, 0.2) is 0 Å². The Labute approximate surface area is 64.0 Å². The fourth-order valence-electron chi connectivity index (χ4n) is 0.432. The van der Waals surface area contributed by atoms with Crippen molar-refractivity contribution in [1.29, 1.82) is 0 Å².